The van der Waals surface area contributed by atoms with Gasteiger partial charge in [-0.3, -0.25) is 4.79 Å². The van der Waals surface area contributed by atoms with E-state index in [9.17, 15) is 4.79 Å². The van der Waals surface area contributed by atoms with E-state index in [2.05, 4.69) is 34.5 Å². The molecule has 1 spiro atoms. The number of nitrogens with one attached hydrogen (secondary N) is 1. The molecule has 1 aliphatic heterocycles. The third kappa shape index (κ3) is 3.15. The standard InChI is InChI=1S/C22H30N2O.H2/c1-23-21(25)19-15-22(20-10-6-5-9-18(19)20)11-13-24(14-12-22)16-17-7-3-2-4-8-17;/h5-6,9-10,15,17H,2-4,7-8,11-14,16H2,1H3,(H,23,25);1H. The molecular formula is C22H32N2O. The molecule has 0 unspecified atom stereocenters. The Bertz CT molecular complexity index is 670. The highest BCUT2D eigenvalue weighted by Crippen LogP contribution is 2.47. The number of carbonyl (C=O) groups is 1. The first-order valence-corrected chi connectivity index (χ1v) is 9.99. The van der Waals surface area contributed by atoms with Crippen molar-refractivity contribution in [1.82, 2.24) is 10.2 Å². The van der Waals surface area contributed by atoms with E-state index in [-0.39, 0.29) is 12.7 Å². The highest BCUT2D eigenvalue weighted by molar-refractivity contribution is 6.21. The molecule has 1 N–H and O–H groups in total. The molecule has 2 fully saturated rings. The maximum atomic E-state index is 12.3. The molecule has 1 aromatic carbocycles. The molecule has 136 valence electrons. The Kier molecular flexibility index (Phi) is 4.68. The van der Waals surface area contributed by atoms with Crippen LogP contribution in [0.25, 0.3) is 5.57 Å². The smallest absolute Gasteiger partial charge is 0.251 e. The Balaban J connectivity index is 0.00000196. The lowest BCUT2D eigenvalue weighted by atomic mass is 9.74. The number of benzene rings is 1. The molecule has 0 atom stereocenters. The van der Waals surface area contributed by atoms with Gasteiger partial charge in [0.05, 0.1) is 0 Å². The topological polar surface area (TPSA) is 32.3 Å². The van der Waals surface area contributed by atoms with Crippen molar-refractivity contribution in [1.29, 1.82) is 0 Å². The summed E-state index contributed by atoms with van der Waals surface area (Å²) in [7, 11) is 1.73. The lowest BCUT2D eigenvalue weighted by Crippen LogP contribution is -2.43. The van der Waals surface area contributed by atoms with Gasteiger partial charge in [-0.25, -0.2) is 0 Å². The average Bonchev–Trinajstić information content (AvgIpc) is 2.99. The number of hydrogen-bond donors (Lipinski definition) is 1. The van der Waals surface area contributed by atoms with Gasteiger partial charge in [0.15, 0.2) is 0 Å². The molecule has 1 amide bonds. The monoisotopic (exact) mass is 340 g/mol. The van der Waals surface area contributed by atoms with Crippen molar-refractivity contribution in [3.63, 3.8) is 0 Å². The summed E-state index contributed by atoms with van der Waals surface area (Å²) in [5.74, 6) is 0.963. The van der Waals surface area contributed by atoms with Crippen LogP contribution in [0.4, 0.5) is 0 Å². The normalized spacial score (nSPS) is 23.3. The number of piperidine rings is 1. The van der Waals surface area contributed by atoms with Gasteiger partial charge >= 0.3 is 0 Å². The van der Waals surface area contributed by atoms with Crippen molar-refractivity contribution >= 4 is 11.5 Å². The molecule has 1 saturated carbocycles. The minimum atomic E-state index is 0. The summed E-state index contributed by atoms with van der Waals surface area (Å²) < 4.78 is 0. The van der Waals surface area contributed by atoms with Crippen LogP contribution in [-0.2, 0) is 10.2 Å². The van der Waals surface area contributed by atoms with Gasteiger partial charge in [0.1, 0.15) is 0 Å². The van der Waals surface area contributed by atoms with E-state index in [0.717, 1.165) is 43.0 Å². The summed E-state index contributed by atoms with van der Waals surface area (Å²) in [6.07, 6.45) is 11.7. The quantitative estimate of drug-likeness (QED) is 0.902. The van der Waals surface area contributed by atoms with Crippen LogP contribution >= 0.6 is 0 Å². The fourth-order valence-corrected chi connectivity index (χ4v) is 5.19. The number of carbonyl (C=O) groups excluding carboxylic acids is 1. The molecule has 0 radical (unpaired) electrons. The Morgan fingerprint density at radius 2 is 1.92 bits per heavy atom. The van der Waals surface area contributed by atoms with Gasteiger partial charge in [-0.1, -0.05) is 49.6 Å². The number of likely N-dealkylation sites (N-methyl/N-ethyl adjacent to an activating group) is 1. The molecule has 4 rings (SSSR count). The van der Waals surface area contributed by atoms with E-state index >= 15 is 0 Å². The minimum absolute atomic E-state index is 0. The fourth-order valence-electron chi connectivity index (χ4n) is 5.19. The van der Waals surface area contributed by atoms with Gasteiger partial charge in [0.2, 0.25) is 0 Å². The van der Waals surface area contributed by atoms with Crippen LogP contribution in [0.3, 0.4) is 0 Å². The van der Waals surface area contributed by atoms with Gasteiger partial charge < -0.3 is 10.2 Å². The molecule has 3 nitrogen and oxygen atoms in total. The lowest BCUT2D eigenvalue weighted by molar-refractivity contribution is -0.115. The molecule has 25 heavy (non-hydrogen) atoms. The van der Waals surface area contributed by atoms with Crippen molar-refractivity contribution in [2.75, 3.05) is 26.7 Å². The zero-order chi connectivity index (χ0) is 17.3. The Morgan fingerprint density at radius 3 is 2.64 bits per heavy atom. The van der Waals surface area contributed by atoms with E-state index in [1.165, 1.54) is 44.2 Å². The maximum Gasteiger partial charge on any atom is 0.251 e. The van der Waals surface area contributed by atoms with Crippen molar-refractivity contribution in [2.24, 2.45) is 5.92 Å². The lowest BCUT2D eigenvalue weighted by Gasteiger charge is -2.41. The molecule has 1 heterocycles. The summed E-state index contributed by atoms with van der Waals surface area (Å²) in [6, 6.07) is 8.51. The zero-order valence-corrected chi connectivity index (χ0v) is 15.4. The first kappa shape index (κ1) is 16.8. The van der Waals surface area contributed by atoms with Crippen LogP contribution in [0.1, 0.15) is 57.5 Å². The number of fused-ring (bicyclic) bond motifs is 2. The Hall–Kier alpha value is -1.61. The minimum Gasteiger partial charge on any atom is -0.355 e. The maximum absolute atomic E-state index is 12.3. The third-order valence-corrected chi connectivity index (χ3v) is 6.64. The molecule has 1 aromatic rings. The fraction of sp³-hybridized carbons (Fsp3) is 0.591. The molecule has 0 bridgehead atoms. The predicted octanol–water partition coefficient (Wildman–Crippen LogP) is 3.99. The van der Waals surface area contributed by atoms with Crippen LogP contribution in [-0.4, -0.2) is 37.5 Å². The number of nitrogens with zero attached hydrogens (tertiary/aromatic N) is 1. The SMILES string of the molecule is CNC(=O)C1=CC2(CCN(CC3CCCCC3)CC2)c2ccccc21.[HH]. The van der Waals surface area contributed by atoms with Crippen LogP contribution < -0.4 is 5.32 Å². The molecule has 3 heteroatoms. The van der Waals surface area contributed by atoms with Crippen LogP contribution in [0.2, 0.25) is 0 Å². The summed E-state index contributed by atoms with van der Waals surface area (Å²) in [4.78, 5) is 15.0. The van der Waals surface area contributed by atoms with Crippen molar-refractivity contribution in [2.45, 2.75) is 50.4 Å². The van der Waals surface area contributed by atoms with E-state index in [1.807, 2.05) is 6.07 Å². The zero-order valence-electron chi connectivity index (χ0n) is 15.4. The number of rotatable bonds is 3. The molecule has 1 saturated heterocycles. The molecule has 2 aliphatic carbocycles. The van der Waals surface area contributed by atoms with E-state index < -0.39 is 0 Å². The molecule has 3 aliphatic rings. The second kappa shape index (κ2) is 6.95. The van der Waals surface area contributed by atoms with Gasteiger partial charge in [-0.05, 0) is 55.8 Å². The van der Waals surface area contributed by atoms with Crippen LogP contribution in [0.5, 0.6) is 0 Å². The van der Waals surface area contributed by atoms with Crippen molar-refractivity contribution in [3.8, 4) is 0 Å². The number of amides is 1. The predicted molar refractivity (Wildman–Crippen MR) is 105 cm³/mol. The van der Waals surface area contributed by atoms with E-state index in [4.69, 9.17) is 0 Å². The number of hydrogen-bond acceptors (Lipinski definition) is 2. The molecule has 0 aromatic heterocycles. The van der Waals surface area contributed by atoms with Gasteiger partial charge in [0, 0.05) is 26.0 Å². The Labute approximate surface area is 153 Å². The van der Waals surface area contributed by atoms with Crippen LogP contribution in [0, 0.1) is 5.92 Å². The molecular weight excluding hydrogens is 308 g/mol. The summed E-state index contributed by atoms with van der Waals surface area (Å²) in [5, 5.41) is 2.82. The third-order valence-electron chi connectivity index (χ3n) is 6.64. The van der Waals surface area contributed by atoms with Crippen LogP contribution in [0.15, 0.2) is 30.3 Å². The second-order valence-electron chi connectivity index (χ2n) is 8.14. The first-order chi connectivity index (χ1) is 12.2. The van der Waals surface area contributed by atoms with Gasteiger partial charge in [0.25, 0.3) is 5.91 Å². The van der Waals surface area contributed by atoms with Gasteiger partial charge in [-0.2, -0.15) is 0 Å². The average molecular weight is 341 g/mol. The largest absolute Gasteiger partial charge is 0.355 e. The highest BCUT2D eigenvalue weighted by atomic mass is 16.1. The highest BCUT2D eigenvalue weighted by Gasteiger charge is 2.41. The summed E-state index contributed by atoms with van der Waals surface area (Å²) in [6.45, 7) is 3.59. The first-order valence-electron chi connectivity index (χ1n) is 9.99. The Morgan fingerprint density at radius 1 is 1.20 bits per heavy atom. The summed E-state index contributed by atoms with van der Waals surface area (Å²) >= 11 is 0. The van der Waals surface area contributed by atoms with E-state index in [1.54, 1.807) is 7.05 Å². The summed E-state index contributed by atoms with van der Waals surface area (Å²) in [5.41, 5.74) is 3.45. The van der Waals surface area contributed by atoms with Crippen molar-refractivity contribution < 1.29 is 6.22 Å². The number of allylic oxidation sites excluding steroid dienone is 1. The number of likely N-dealkylation sites (tertiary alicyclic amines) is 1. The second-order valence-corrected chi connectivity index (χ2v) is 8.14. The van der Waals surface area contributed by atoms with E-state index in [0.29, 0.717) is 0 Å². The van der Waals surface area contributed by atoms with Gasteiger partial charge in [-0.15, -0.1) is 0 Å². The van der Waals surface area contributed by atoms with Crippen molar-refractivity contribution in [3.05, 3.63) is 41.5 Å².